The van der Waals surface area contributed by atoms with Crippen LogP contribution in [-0.2, 0) is 17.6 Å². The molecular formula is C22H28N2O4S2. The molecule has 1 aliphatic carbocycles. The number of hydrogen-bond donors (Lipinski definition) is 2. The van der Waals surface area contributed by atoms with E-state index in [1.165, 1.54) is 22.5 Å². The lowest BCUT2D eigenvalue weighted by atomic mass is 9.69. The monoisotopic (exact) mass is 448 g/mol. The summed E-state index contributed by atoms with van der Waals surface area (Å²) < 4.78 is 10.4. The molecule has 1 aliphatic rings. The quantitative estimate of drug-likeness (QED) is 0.468. The van der Waals surface area contributed by atoms with Crippen molar-refractivity contribution in [3.8, 4) is 0 Å². The lowest BCUT2D eigenvalue weighted by molar-refractivity contribution is 0.0526. The van der Waals surface area contributed by atoms with Crippen LogP contribution < -0.4 is 10.6 Å². The lowest BCUT2D eigenvalue weighted by Gasteiger charge is -2.36. The Kier molecular flexibility index (Phi) is 6.98. The number of amides is 1. The van der Waals surface area contributed by atoms with E-state index in [1.807, 2.05) is 0 Å². The van der Waals surface area contributed by atoms with Gasteiger partial charge in [0.1, 0.15) is 5.00 Å². The summed E-state index contributed by atoms with van der Waals surface area (Å²) in [6.07, 6.45) is 5.33. The summed E-state index contributed by atoms with van der Waals surface area (Å²) in [6.45, 7) is 8.93. The molecule has 1 unspecified atom stereocenters. The van der Waals surface area contributed by atoms with Crippen molar-refractivity contribution in [3.63, 3.8) is 0 Å². The SMILES string of the molecule is CCOC(=O)c1c(NC(=S)NC(=O)c2ccco2)sc2c1CCC(C(C)(C)CC)C2. The van der Waals surface area contributed by atoms with Crippen LogP contribution in [0.25, 0.3) is 0 Å². The Hall–Kier alpha value is -2.19. The van der Waals surface area contributed by atoms with Gasteiger partial charge in [-0.1, -0.05) is 27.2 Å². The second kappa shape index (κ2) is 9.31. The number of hydrogen-bond acceptors (Lipinski definition) is 6. The lowest BCUT2D eigenvalue weighted by Crippen LogP contribution is -2.34. The molecule has 30 heavy (non-hydrogen) atoms. The Bertz CT molecular complexity index is 931. The molecule has 8 heteroatoms. The molecule has 0 bridgehead atoms. The molecule has 0 saturated carbocycles. The van der Waals surface area contributed by atoms with Crippen LogP contribution >= 0.6 is 23.6 Å². The molecule has 2 heterocycles. The minimum atomic E-state index is -0.443. The van der Waals surface area contributed by atoms with E-state index < -0.39 is 5.91 Å². The van der Waals surface area contributed by atoms with Gasteiger partial charge in [-0.15, -0.1) is 11.3 Å². The number of furan rings is 1. The largest absolute Gasteiger partial charge is 0.462 e. The first-order valence-corrected chi connectivity index (χ1v) is 11.5. The summed E-state index contributed by atoms with van der Waals surface area (Å²) in [5, 5.41) is 6.38. The van der Waals surface area contributed by atoms with Crippen molar-refractivity contribution in [2.24, 2.45) is 11.3 Å². The number of fused-ring (bicyclic) bond motifs is 1. The van der Waals surface area contributed by atoms with Crippen LogP contribution in [0.2, 0.25) is 0 Å². The predicted molar refractivity (Wildman–Crippen MR) is 122 cm³/mol. The summed E-state index contributed by atoms with van der Waals surface area (Å²) in [5.41, 5.74) is 1.83. The number of thiophene rings is 1. The molecule has 1 atom stereocenters. The third kappa shape index (κ3) is 4.75. The van der Waals surface area contributed by atoms with Gasteiger partial charge in [0, 0.05) is 4.88 Å². The van der Waals surface area contributed by atoms with Gasteiger partial charge in [-0.25, -0.2) is 4.79 Å². The third-order valence-corrected chi connectivity index (χ3v) is 7.33. The summed E-state index contributed by atoms with van der Waals surface area (Å²) in [4.78, 5) is 26.1. The number of thiocarbonyl (C=S) groups is 1. The molecule has 2 N–H and O–H groups in total. The van der Waals surface area contributed by atoms with E-state index >= 15 is 0 Å². The maximum atomic E-state index is 12.7. The minimum absolute atomic E-state index is 0.117. The second-order valence-corrected chi connectivity index (χ2v) is 9.61. The maximum Gasteiger partial charge on any atom is 0.341 e. The molecule has 2 aromatic heterocycles. The highest BCUT2D eigenvalue weighted by Gasteiger charge is 2.35. The predicted octanol–water partition coefficient (Wildman–Crippen LogP) is 5.19. The fourth-order valence-corrected chi connectivity index (χ4v) is 5.34. The van der Waals surface area contributed by atoms with E-state index in [9.17, 15) is 9.59 Å². The van der Waals surface area contributed by atoms with Crippen LogP contribution in [0.15, 0.2) is 22.8 Å². The van der Waals surface area contributed by atoms with Crippen LogP contribution in [-0.4, -0.2) is 23.6 Å². The molecular weight excluding hydrogens is 420 g/mol. The maximum absolute atomic E-state index is 12.7. The van der Waals surface area contributed by atoms with Crippen LogP contribution in [0.1, 0.15) is 71.9 Å². The fourth-order valence-electron chi connectivity index (χ4n) is 3.76. The van der Waals surface area contributed by atoms with Gasteiger partial charge in [0.2, 0.25) is 0 Å². The van der Waals surface area contributed by atoms with Crippen molar-refractivity contribution in [2.45, 2.75) is 53.4 Å². The number of nitrogens with one attached hydrogen (secondary N) is 2. The zero-order valence-corrected chi connectivity index (χ0v) is 19.4. The average molecular weight is 449 g/mol. The average Bonchev–Trinajstić information content (AvgIpc) is 3.35. The highest BCUT2D eigenvalue weighted by atomic mass is 32.1. The molecule has 0 fully saturated rings. The smallest absolute Gasteiger partial charge is 0.341 e. The number of carbonyl (C=O) groups is 2. The zero-order chi connectivity index (χ0) is 21.9. The molecule has 2 aromatic rings. The molecule has 0 radical (unpaired) electrons. The zero-order valence-electron chi connectivity index (χ0n) is 17.8. The van der Waals surface area contributed by atoms with Crippen molar-refractivity contribution in [1.82, 2.24) is 5.32 Å². The van der Waals surface area contributed by atoms with Gasteiger partial charge < -0.3 is 14.5 Å². The number of anilines is 1. The van der Waals surface area contributed by atoms with Crippen molar-refractivity contribution >= 4 is 45.5 Å². The van der Waals surface area contributed by atoms with E-state index in [0.29, 0.717) is 23.1 Å². The number of rotatable bonds is 6. The highest BCUT2D eigenvalue weighted by Crippen LogP contribution is 2.45. The first-order valence-electron chi connectivity index (χ1n) is 10.2. The summed E-state index contributed by atoms with van der Waals surface area (Å²) in [7, 11) is 0. The van der Waals surface area contributed by atoms with Crippen LogP contribution in [0, 0.1) is 11.3 Å². The van der Waals surface area contributed by atoms with Crippen LogP contribution in [0.4, 0.5) is 5.00 Å². The third-order valence-electron chi connectivity index (χ3n) is 5.96. The minimum Gasteiger partial charge on any atom is -0.462 e. The van der Waals surface area contributed by atoms with Gasteiger partial charge >= 0.3 is 5.97 Å². The molecule has 6 nitrogen and oxygen atoms in total. The highest BCUT2D eigenvalue weighted by molar-refractivity contribution is 7.80. The number of carbonyl (C=O) groups excluding carboxylic acids is 2. The van der Waals surface area contributed by atoms with Gasteiger partial charge in [0.05, 0.1) is 18.4 Å². The van der Waals surface area contributed by atoms with E-state index in [4.69, 9.17) is 21.4 Å². The Morgan fingerprint density at radius 1 is 1.37 bits per heavy atom. The first kappa shape index (κ1) is 22.5. The number of ether oxygens (including phenoxy) is 1. The molecule has 0 spiro atoms. The van der Waals surface area contributed by atoms with Gasteiger partial charge in [0.15, 0.2) is 10.9 Å². The molecule has 1 amide bonds. The standard InChI is InChI=1S/C22H28N2O4S2/c1-5-22(3,4)13-9-10-14-16(12-13)30-19(17(14)20(26)27-6-2)24-21(29)23-18(25)15-8-7-11-28-15/h7-8,11,13H,5-6,9-10,12H2,1-4H3,(H2,23,24,25,29). The van der Waals surface area contributed by atoms with Crippen molar-refractivity contribution < 1.29 is 18.7 Å². The van der Waals surface area contributed by atoms with Crippen molar-refractivity contribution in [3.05, 3.63) is 40.2 Å². The van der Waals surface area contributed by atoms with Gasteiger partial charge in [-0.2, -0.15) is 0 Å². The van der Waals surface area contributed by atoms with Gasteiger partial charge in [-0.05, 0) is 67.4 Å². The molecule has 3 rings (SSSR count). The Morgan fingerprint density at radius 2 is 2.13 bits per heavy atom. The Labute approximate surface area is 186 Å². The van der Waals surface area contributed by atoms with Crippen LogP contribution in [0.5, 0.6) is 0 Å². The summed E-state index contributed by atoms with van der Waals surface area (Å²) in [5.74, 6) is -0.0749. The molecule has 0 aliphatic heterocycles. The Balaban J connectivity index is 1.84. The van der Waals surface area contributed by atoms with Crippen molar-refractivity contribution in [2.75, 3.05) is 11.9 Å². The summed E-state index contributed by atoms with van der Waals surface area (Å²) in [6, 6.07) is 3.19. The molecule has 0 aromatic carbocycles. The van der Waals surface area contributed by atoms with Gasteiger partial charge in [-0.3, -0.25) is 10.1 Å². The van der Waals surface area contributed by atoms with Crippen molar-refractivity contribution in [1.29, 1.82) is 0 Å². The van der Waals surface area contributed by atoms with Gasteiger partial charge in [0.25, 0.3) is 5.91 Å². The van der Waals surface area contributed by atoms with E-state index in [0.717, 1.165) is 31.2 Å². The fraction of sp³-hybridized carbons (Fsp3) is 0.500. The normalized spacial score (nSPS) is 15.9. The van der Waals surface area contributed by atoms with E-state index in [1.54, 1.807) is 19.1 Å². The van der Waals surface area contributed by atoms with E-state index in [2.05, 4.69) is 31.4 Å². The second-order valence-electron chi connectivity index (χ2n) is 8.10. The Morgan fingerprint density at radius 3 is 2.77 bits per heavy atom. The van der Waals surface area contributed by atoms with E-state index in [-0.39, 0.29) is 22.3 Å². The summed E-state index contributed by atoms with van der Waals surface area (Å²) >= 11 is 6.83. The number of esters is 1. The topological polar surface area (TPSA) is 80.6 Å². The van der Waals surface area contributed by atoms with Crippen LogP contribution in [0.3, 0.4) is 0 Å². The molecule has 0 saturated heterocycles. The molecule has 162 valence electrons. The first-order chi connectivity index (χ1) is 14.3.